The van der Waals surface area contributed by atoms with Crippen molar-refractivity contribution in [3.05, 3.63) is 58.6 Å². The minimum absolute atomic E-state index is 0.285. The molecule has 160 valence electrons. The van der Waals surface area contributed by atoms with Crippen molar-refractivity contribution in [1.29, 1.82) is 0 Å². The Morgan fingerprint density at radius 1 is 1.20 bits per heavy atom. The predicted octanol–water partition coefficient (Wildman–Crippen LogP) is 4.09. The number of rotatable bonds is 6. The van der Waals surface area contributed by atoms with Crippen LogP contribution < -0.4 is 15.4 Å². The van der Waals surface area contributed by atoms with Crippen LogP contribution in [-0.2, 0) is 11.3 Å². The number of halogens is 1. The van der Waals surface area contributed by atoms with Crippen molar-refractivity contribution in [2.24, 2.45) is 0 Å². The van der Waals surface area contributed by atoms with E-state index >= 15 is 0 Å². The topological polar surface area (TPSA) is 62.8 Å². The molecule has 0 aliphatic carbocycles. The summed E-state index contributed by atoms with van der Waals surface area (Å²) in [6.07, 6.45) is 2.39. The minimum atomic E-state index is -0.434. The molecule has 0 amide bonds. The molecule has 0 atom stereocenters. The first-order chi connectivity index (χ1) is 14.4. The monoisotopic (exact) mass is 447 g/mol. The molecule has 8 heteroatoms. The van der Waals surface area contributed by atoms with Gasteiger partial charge in [0, 0.05) is 19.6 Å². The maximum Gasteiger partial charge on any atom is 0.337 e. The van der Waals surface area contributed by atoms with Gasteiger partial charge >= 0.3 is 5.97 Å². The molecule has 3 rings (SSSR count). The Hall–Kier alpha value is -2.35. The molecule has 2 N–H and O–H groups in total. The molecule has 2 aromatic carbocycles. The number of likely N-dealkylation sites (tertiary alicyclic amines) is 1. The van der Waals surface area contributed by atoms with Crippen LogP contribution in [0, 0.1) is 0 Å². The maximum absolute atomic E-state index is 11.7. The van der Waals surface area contributed by atoms with Gasteiger partial charge in [-0.15, -0.1) is 0 Å². The van der Waals surface area contributed by atoms with Gasteiger partial charge in [0.1, 0.15) is 11.9 Å². The Kier molecular flexibility index (Phi) is 7.90. The second-order valence-electron chi connectivity index (χ2n) is 7.26. The summed E-state index contributed by atoms with van der Waals surface area (Å²) in [7, 11) is 3.47. The molecule has 2 aromatic rings. The van der Waals surface area contributed by atoms with Crippen LogP contribution >= 0.6 is 23.8 Å². The highest BCUT2D eigenvalue weighted by Crippen LogP contribution is 2.23. The van der Waals surface area contributed by atoms with Crippen molar-refractivity contribution in [3.8, 4) is 5.75 Å². The number of hydrogen-bond donors (Lipinski definition) is 2. The zero-order valence-electron chi connectivity index (χ0n) is 17.1. The molecular weight excluding hydrogens is 422 g/mol. The zero-order chi connectivity index (χ0) is 21.5. The number of ether oxygens (including phenoxy) is 2. The molecular formula is C22H26ClN3O3S. The van der Waals surface area contributed by atoms with E-state index in [1.54, 1.807) is 18.2 Å². The van der Waals surface area contributed by atoms with Gasteiger partial charge in [0.15, 0.2) is 5.11 Å². The second kappa shape index (κ2) is 10.6. The highest BCUT2D eigenvalue weighted by Gasteiger charge is 2.17. The lowest BCUT2D eigenvalue weighted by Crippen LogP contribution is -2.35. The van der Waals surface area contributed by atoms with E-state index in [0.717, 1.165) is 37.2 Å². The van der Waals surface area contributed by atoms with Crippen molar-refractivity contribution in [2.75, 3.05) is 32.6 Å². The number of anilines is 1. The predicted molar refractivity (Wildman–Crippen MR) is 123 cm³/mol. The molecule has 0 spiro atoms. The number of hydrogen-bond acceptors (Lipinski definition) is 5. The maximum atomic E-state index is 11.7. The third-order valence-electron chi connectivity index (χ3n) is 4.98. The Labute approximate surface area is 187 Å². The molecule has 0 radical (unpaired) electrons. The van der Waals surface area contributed by atoms with Crippen molar-refractivity contribution in [2.45, 2.75) is 25.5 Å². The van der Waals surface area contributed by atoms with Gasteiger partial charge < -0.3 is 25.0 Å². The Bertz CT molecular complexity index is 884. The van der Waals surface area contributed by atoms with Gasteiger partial charge in [-0.25, -0.2) is 4.79 Å². The molecule has 6 nitrogen and oxygen atoms in total. The third-order valence-corrected chi connectivity index (χ3v) is 5.56. The van der Waals surface area contributed by atoms with Crippen LogP contribution in [0.4, 0.5) is 5.69 Å². The average Bonchev–Trinajstić information content (AvgIpc) is 2.76. The molecule has 0 saturated carbocycles. The fraction of sp³-hybridized carbons (Fsp3) is 0.364. The van der Waals surface area contributed by atoms with E-state index in [-0.39, 0.29) is 6.10 Å². The van der Waals surface area contributed by atoms with Gasteiger partial charge in [0.2, 0.25) is 0 Å². The van der Waals surface area contributed by atoms with Crippen LogP contribution in [0.5, 0.6) is 5.75 Å². The van der Waals surface area contributed by atoms with Gasteiger partial charge in [-0.3, -0.25) is 0 Å². The summed E-state index contributed by atoms with van der Waals surface area (Å²) >= 11 is 11.5. The molecule has 0 unspecified atom stereocenters. The molecule has 0 bridgehead atoms. The standard InChI is InChI=1S/C22H26ClN3O3S/c1-26-11-9-18(10-12-26)29-17-6-3-15(4-7-17)14-24-22(30)25-20-13-16(21(27)28-2)5-8-19(20)23/h3-8,13,18H,9-12,14H2,1-2H3,(H2,24,25,30). The quantitative estimate of drug-likeness (QED) is 0.510. The third kappa shape index (κ3) is 6.32. The summed E-state index contributed by atoms with van der Waals surface area (Å²) in [5, 5.41) is 7.03. The summed E-state index contributed by atoms with van der Waals surface area (Å²) < 4.78 is 10.8. The number of nitrogens with one attached hydrogen (secondary N) is 2. The van der Waals surface area contributed by atoms with E-state index in [9.17, 15) is 4.79 Å². The van der Waals surface area contributed by atoms with E-state index in [1.807, 2.05) is 24.3 Å². The van der Waals surface area contributed by atoms with Crippen LogP contribution in [0.1, 0.15) is 28.8 Å². The smallest absolute Gasteiger partial charge is 0.337 e. The normalized spacial score (nSPS) is 14.8. The van der Waals surface area contributed by atoms with Gasteiger partial charge in [-0.1, -0.05) is 23.7 Å². The Balaban J connectivity index is 1.49. The number of thiocarbonyl (C=S) groups is 1. The number of methoxy groups -OCH3 is 1. The van der Waals surface area contributed by atoms with E-state index in [4.69, 9.17) is 33.3 Å². The van der Waals surface area contributed by atoms with Gasteiger partial charge in [0.25, 0.3) is 0 Å². The molecule has 1 aliphatic heterocycles. The van der Waals surface area contributed by atoms with Crippen LogP contribution in [0.15, 0.2) is 42.5 Å². The van der Waals surface area contributed by atoms with Crippen molar-refractivity contribution in [1.82, 2.24) is 10.2 Å². The molecule has 1 aliphatic rings. The van der Waals surface area contributed by atoms with Crippen molar-refractivity contribution < 1.29 is 14.3 Å². The molecule has 1 heterocycles. The highest BCUT2D eigenvalue weighted by molar-refractivity contribution is 7.80. The largest absolute Gasteiger partial charge is 0.490 e. The Morgan fingerprint density at radius 3 is 2.57 bits per heavy atom. The number of nitrogens with zero attached hydrogens (tertiary/aromatic N) is 1. The number of piperidine rings is 1. The first kappa shape index (κ1) is 22.3. The van der Waals surface area contributed by atoms with Crippen molar-refractivity contribution >= 4 is 40.6 Å². The summed E-state index contributed by atoms with van der Waals surface area (Å²) in [4.78, 5) is 14.0. The average molecular weight is 448 g/mol. The van der Waals surface area contributed by atoms with E-state index in [0.29, 0.717) is 27.9 Å². The van der Waals surface area contributed by atoms with Crippen LogP contribution in [-0.4, -0.2) is 49.3 Å². The van der Waals surface area contributed by atoms with E-state index in [2.05, 4.69) is 22.6 Å². The van der Waals surface area contributed by atoms with Crippen LogP contribution in [0.3, 0.4) is 0 Å². The lowest BCUT2D eigenvalue weighted by atomic mass is 10.1. The molecule has 1 saturated heterocycles. The lowest BCUT2D eigenvalue weighted by molar-refractivity contribution is 0.0601. The number of benzene rings is 2. The SMILES string of the molecule is COC(=O)c1ccc(Cl)c(NC(=S)NCc2ccc(OC3CCN(C)CC3)cc2)c1. The highest BCUT2D eigenvalue weighted by atomic mass is 35.5. The summed E-state index contributed by atoms with van der Waals surface area (Å²) in [5.74, 6) is 0.455. The number of carbonyl (C=O) groups is 1. The van der Waals surface area contributed by atoms with E-state index in [1.165, 1.54) is 7.11 Å². The summed E-state index contributed by atoms with van der Waals surface area (Å²) in [6.45, 7) is 2.70. The molecule has 1 fully saturated rings. The summed E-state index contributed by atoms with van der Waals surface area (Å²) in [5.41, 5.74) is 2.01. The van der Waals surface area contributed by atoms with Gasteiger partial charge in [-0.05, 0) is 68.0 Å². The molecule has 30 heavy (non-hydrogen) atoms. The fourth-order valence-corrected chi connectivity index (χ4v) is 3.54. The zero-order valence-corrected chi connectivity index (χ0v) is 18.7. The number of esters is 1. The number of carbonyl (C=O) groups excluding carboxylic acids is 1. The lowest BCUT2D eigenvalue weighted by Gasteiger charge is -2.29. The van der Waals surface area contributed by atoms with E-state index < -0.39 is 5.97 Å². The first-order valence-corrected chi connectivity index (χ1v) is 10.6. The molecule has 0 aromatic heterocycles. The van der Waals surface area contributed by atoms with Crippen LogP contribution in [0.25, 0.3) is 0 Å². The van der Waals surface area contributed by atoms with Crippen molar-refractivity contribution in [3.63, 3.8) is 0 Å². The van der Waals surface area contributed by atoms with Gasteiger partial charge in [-0.2, -0.15) is 0 Å². The Morgan fingerprint density at radius 2 is 1.90 bits per heavy atom. The fourth-order valence-electron chi connectivity index (χ4n) is 3.20. The second-order valence-corrected chi connectivity index (χ2v) is 8.07. The first-order valence-electron chi connectivity index (χ1n) is 9.81. The van der Waals surface area contributed by atoms with Gasteiger partial charge in [0.05, 0.1) is 23.4 Å². The summed E-state index contributed by atoms with van der Waals surface area (Å²) in [6, 6.07) is 12.9. The minimum Gasteiger partial charge on any atom is -0.490 e. The van der Waals surface area contributed by atoms with Crippen LogP contribution in [0.2, 0.25) is 5.02 Å².